The second kappa shape index (κ2) is 6.12. The Bertz CT molecular complexity index is 513. The molecule has 1 nitrogen and oxygen atoms in total. The Labute approximate surface area is 114 Å². The normalized spacial score (nSPS) is 12.4. The maximum Gasteiger partial charge on any atom is 0.124 e. The van der Waals surface area contributed by atoms with Crippen LogP contribution in [0.4, 0.5) is 4.39 Å². The first kappa shape index (κ1) is 13.2. The largest absolute Gasteiger partial charge is 0.396 e. The van der Waals surface area contributed by atoms with Crippen molar-refractivity contribution in [2.45, 2.75) is 12.3 Å². The van der Waals surface area contributed by atoms with Crippen LogP contribution in [-0.4, -0.2) is 11.7 Å². The number of rotatable bonds is 4. The molecule has 0 saturated carbocycles. The van der Waals surface area contributed by atoms with Crippen molar-refractivity contribution < 1.29 is 9.50 Å². The van der Waals surface area contributed by atoms with Crippen LogP contribution in [0.2, 0.25) is 0 Å². The molecule has 1 unspecified atom stereocenters. The molecule has 2 aromatic rings. The monoisotopic (exact) mass is 308 g/mol. The lowest BCUT2D eigenvalue weighted by Crippen LogP contribution is -2.08. The van der Waals surface area contributed by atoms with Crippen molar-refractivity contribution in [2.24, 2.45) is 0 Å². The summed E-state index contributed by atoms with van der Waals surface area (Å²) in [6.07, 6.45) is 0.682. The third-order valence-electron chi connectivity index (χ3n) is 2.97. The molecule has 0 bridgehead atoms. The van der Waals surface area contributed by atoms with Crippen molar-refractivity contribution in [3.63, 3.8) is 0 Å². The number of aliphatic hydroxyl groups is 1. The molecule has 0 saturated heterocycles. The highest BCUT2D eigenvalue weighted by Gasteiger charge is 2.13. The average molecular weight is 309 g/mol. The summed E-state index contributed by atoms with van der Waals surface area (Å²) in [4.78, 5) is 0. The predicted octanol–water partition coefficient (Wildman–Crippen LogP) is 3.91. The van der Waals surface area contributed by atoms with Crippen LogP contribution in [0.1, 0.15) is 17.0 Å². The van der Waals surface area contributed by atoms with Crippen LogP contribution in [0.5, 0.6) is 0 Å². The van der Waals surface area contributed by atoms with Crippen molar-refractivity contribution in [1.82, 2.24) is 0 Å². The van der Waals surface area contributed by atoms with Crippen molar-refractivity contribution >= 4 is 15.9 Å². The van der Waals surface area contributed by atoms with Gasteiger partial charge in [-0.1, -0.05) is 52.3 Å². The summed E-state index contributed by atoms with van der Waals surface area (Å²) in [6, 6.07) is 14.5. The SMILES string of the molecule is OCC(Cc1ccc(F)cc1Br)c1ccccc1. The van der Waals surface area contributed by atoms with E-state index in [0.29, 0.717) is 6.42 Å². The standard InChI is InChI=1S/C15H14BrFO/c16-15-9-14(17)7-6-12(15)8-13(10-18)11-4-2-1-3-5-11/h1-7,9,13,18H,8,10H2. The van der Waals surface area contributed by atoms with Gasteiger partial charge in [-0.3, -0.25) is 0 Å². The smallest absolute Gasteiger partial charge is 0.124 e. The molecule has 94 valence electrons. The van der Waals surface area contributed by atoms with E-state index in [1.54, 1.807) is 6.07 Å². The van der Waals surface area contributed by atoms with Crippen LogP contribution in [0.25, 0.3) is 0 Å². The van der Waals surface area contributed by atoms with Crippen LogP contribution in [0, 0.1) is 5.82 Å². The minimum Gasteiger partial charge on any atom is -0.396 e. The highest BCUT2D eigenvalue weighted by molar-refractivity contribution is 9.10. The molecule has 0 aliphatic carbocycles. The van der Waals surface area contributed by atoms with Crippen molar-refractivity contribution in [1.29, 1.82) is 0 Å². The van der Waals surface area contributed by atoms with E-state index in [1.807, 2.05) is 30.3 Å². The first-order chi connectivity index (χ1) is 8.70. The van der Waals surface area contributed by atoms with E-state index >= 15 is 0 Å². The molecule has 2 aromatic carbocycles. The van der Waals surface area contributed by atoms with Gasteiger partial charge < -0.3 is 5.11 Å². The fraction of sp³-hybridized carbons (Fsp3) is 0.200. The van der Waals surface area contributed by atoms with Crippen LogP contribution in [0.15, 0.2) is 53.0 Å². The lowest BCUT2D eigenvalue weighted by atomic mass is 9.93. The Morgan fingerprint density at radius 1 is 1.11 bits per heavy atom. The highest BCUT2D eigenvalue weighted by Crippen LogP contribution is 2.25. The van der Waals surface area contributed by atoms with E-state index in [-0.39, 0.29) is 18.3 Å². The molecule has 0 aliphatic heterocycles. The average Bonchev–Trinajstić information content (AvgIpc) is 2.39. The quantitative estimate of drug-likeness (QED) is 0.908. The summed E-state index contributed by atoms with van der Waals surface area (Å²) in [5.41, 5.74) is 2.09. The third kappa shape index (κ3) is 3.18. The molecular weight excluding hydrogens is 295 g/mol. The van der Waals surface area contributed by atoms with Gasteiger partial charge in [0.2, 0.25) is 0 Å². The molecule has 0 radical (unpaired) electrons. The summed E-state index contributed by atoms with van der Waals surface area (Å²) in [5, 5.41) is 9.50. The zero-order valence-electron chi connectivity index (χ0n) is 9.81. The molecule has 18 heavy (non-hydrogen) atoms. The van der Waals surface area contributed by atoms with Gasteiger partial charge >= 0.3 is 0 Å². The molecule has 0 amide bonds. The lowest BCUT2D eigenvalue weighted by molar-refractivity contribution is 0.264. The van der Waals surface area contributed by atoms with E-state index in [2.05, 4.69) is 15.9 Å². The second-order valence-electron chi connectivity index (χ2n) is 4.23. The van der Waals surface area contributed by atoms with Crippen LogP contribution in [-0.2, 0) is 6.42 Å². The van der Waals surface area contributed by atoms with Crippen molar-refractivity contribution in [3.8, 4) is 0 Å². The van der Waals surface area contributed by atoms with E-state index in [0.717, 1.165) is 15.6 Å². The molecule has 3 heteroatoms. The van der Waals surface area contributed by atoms with E-state index < -0.39 is 0 Å². The third-order valence-corrected chi connectivity index (χ3v) is 3.71. The van der Waals surface area contributed by atoms with E-state index in [1.165, 1.54) is 12.1 Å². The summed E-state index contributed by atoms with van der Waals surface area (Å²) >= 11 is 3.36. The van der Waals surface area contributed by atoms with Gasteiger partial charge in [-0.25, -0.2) is 4.39 Å². The maximum absolute atomic E-state index is 13.0. The minimum absolute atomic E-state index is 0.0351. The Morgan fingerprint density at radius 3 is 2.44 bits per heavy atom. The van der Waals surface area contributed by atoms with Gasteiger partial charge in [0.05, 0.1) is 6.61 Å². The summed E-state index contributed by atoms with van der Waals surface area (Å²) in [7, 11) is 0. The predicted molar refractivity (Wildman–Crippen MR) is 74.1 cm³/mol. The topological polar surface area (TPSA) is 20.2 Å². The molecule has 1 atom stereocenters. The van der Waals surface area contributed by atoms with Gasteiger partial charge in [0.15, 0.2) is 0 Å². The van der Waals surface area contributed by atoms with Crippen LogP contribution in [0.3, 0.4) is 0 Å². The second-order valence-corrected chi connectivity index (χ2v) is 5.08. The summed E-state index contributed by atoms with van der Waals surface area (Å²) in [5.74, 6) is -0.223. The molecule has 0 fully saturated rings. The number of aliphatic hydroxyl groups excluding tert-OH is 1. The number of hydrogen-bond acceptors (Lipinski definition) is 1. The Balaban J connectivity index is 2.21. The van der Waals surface area contributed by atoms with Gasteiger partial charge in [0.25, 0.3) is 0 Å². The Morgan fingerprint density at radius 2 is 1.83 bits per heavy atom. The Hall–Kier alpha value is -1.19. The first-order valence-corrected chi connectivity index (χ1v) is 6.59. The van der Waals surface area contributed by atoms with Gasteiger partial charge in [0, 0.05) is 10.4 Å². The number of halogens is 2. The van der Waals surface area contributed by atoms with Gasteiger partial charge in [-0.2, -0.15) is 0 Å². The minimum atomic E-state index is -0.258. The van der Waals surface area contributed by atoms with E-state index in [9.17, 15) is 9.50 Å². The highest BCUT2D eigenvalue weighted by atomic mass is 79.9. The number of benzene rings is 2. The van der Waals surface area contributed by atoms with E-state index in [4.69, 9.17) is 0 Å². The summed E-state index contributed by atoms with van der Waals surface area (Å²) in [6.45, 7) is 0.0772. The van der Waals surface area contributed by atoms with Gasteiger partial charge in [0.1, 0.15) is 5.82 Å². The molecule has 2 rings (SSSR count). The summed E-state index contributed by atoms with van der Waals surface area (Å²) < 4.78 is 13.8. The molecule has 1 N–H and O–H groups in total. The van der Waals surface area contributed by atoms with Gasteiger partial charge in [-0.05, 0) is 29.7 Å². The van der Waals surface area contributed by atoms with Crippen molar-refractivity contribution in [3.05, 3.63) is 69.9 Å². The first-order valence-electron chi connectivity index (χ1n) is 5.80. The zero-order chi connectivity index (χ0) is 13.0. The van der Waals surface area contributed by atoms with Crippen LogP contribution < -0.4 is 0 Å². The van der Waals surface area contributed by atoms with Crippen molar-refractivity contribution in [2.75, 3.05) is 6.61 Å². The fourth-order valence-corrected chi connectivity index (χ4v) is 2.48. The Kier molecular flexibility index (Phi) is 4.50. The van der Waals surface area contributed by atoms with Crippen LogP contribution >= 0.6 is 15.9 Å². The molecule has 0 heterocycles. The molecular formula is C15H14BrFO. The fourth-order valence-electron chi connectivity index (χ4n) is 1.97. The molecule has 0 aliphatic rings. The number of hydrogen-bond donors (Lipinski definition) is 1. The lowest BCUT2D eigenvalue weighted by Gasteiger charge is -2.15. The zero-order valence-corrected chi connectivity index (χ0v) is 11.4. The molecule has 0 spiro atoms. The van der Waals surface area contributed by atoms with Gasteiger partial charge in [-0.15, -0.1) is 0 Å². The maximum atomic E-state index is 13.0. The molecule has 0 aromatic heterocycles.